The van der Waals surface area contributed by atoms with Gasteiger partial charge in [0.1, 0.15) is 17.4 Å². The number of aliphatic carboxylic acids is 2. The van der Waals surface area contributed by atoms with Gasteiger partial charge in [-0.2, -0.15) is 0 Å². The number of benzene rings is 1. The number of carbonyl (C=O) groups is 4. The van der Waals surface area contributed by atoms with E-state index in [9.17, 15) is 19.2 Å². The van der Waals surface area contributed by atoms with Crippen LogP contribution in [0.4, 0.5) is 4.79 Å². The maximum atomic E-state index is 11.5. The second-order valence-corrected chi connectivity index (χ2v) is 7.15. The van der Waals surface area contributed by atoms with Gasteiger partial charge in [-0.25, -0.2) is 14.4 Å². The fourth-order valence-electron chi connectivity index (χ4n) is 2.14. The second kappa shape index (κ2) is 10.9. The highest BCUT2D eigenvalue weighted by atomic mass is 16.6. The molecule has 0 fully saturated rings. The van der Waals surface area contributed by atoms with Gasteiger partial charge in [-0.15, -0.1) is 0 Å². The topological polar surface area (TPSA) is 151 Å². The summed E-state index contributed by atoms with van der Waals surface area (Å²) in [7, 11) is 0. The highest BCUT2D eigenvalue weighted by Crippen LogP contribution is 2.14. The molecule has 0 saturated heterocycles. The highest BCUT2D eigenvalue weighted by molar-refractivity contribution is 6.31. The van der Waals surface area contributed by atoms with Gasteiger partial charge in [0.2, 0.25) is 0 Å². The van der Waals surface area contributed by atoms with Gasteiger partial charge in [-0.3, -0.25) is 4.79 Å². The summed E-state index contributed by atoms with van der Waals surface area (Å²) >= 11 is 0. The van der Waals surface area contributed by atoms with Crippen LogP contribution in [0.15, 0.2) is 24.3 Å². The minimum Gasteiger partial charge on any atom is -0.494 e. The minimum absolute atomic E-state index is 0.0750. The lowest BCUT2D eigenvalue weighted by molar-refractivity contribution is -0.152. The van der Waals surface area contributed by atoms with Crippen molar-refractivity contribution in [3.05, 3.63) is 29.8 Å². The molecule has 29 heavy (non-hydrogen) atoms. The summed E-state index contributed by atoms with van der Waals surface area (Å²) < 4.78 is 10.6. The van der Waals surface area contributed by atoms with Crippen LogP contribution >= 0.6 is 0 Å². The minimum atomic E-state index is -1.75. The van der Waals surface area contributed by atoms with E-state index >= 15 is 0 Å². The van der Waals surface area contributed by atoms with Crippen molar-refractivity contribution in [3.8, 4) is 5.75 Å². The SMILES string of the molecule is CC(C)(C)OC(=O)NCCCOc1ccc(C[C@@H](NC(=O)C(=O)O)C(=O)O)cc1. The quantitative estimate of drug-likeness (QED) is 0.350. The molecule has 0 heterocycles. The van der Waals surface area contributed by atoms with Crippen molar-refractivity contribution in [1.29, 1.82) is 0 Å². The van der Waals surface area contributed by atoms with E-state index < -0.39 is 35.6 Å². The summed E-state index contributed by atoms with van der Waals surface area (Å²) in [4.78, 5) is 44.4. The summed E-state index contributed by atoms with van der Waals surface area (Å²) in [5, 5.41) is 22.2. The molecule has 0 aliphatic heterocycles. The lowest BCUT2D eigenvalue weighted by atomic mass is 10.1. The summed E-state index contributed by atoms with van der Waals surface area (Å²) in [5.41, 5.74) is 0.0281. The molecule has 1 atom stereocenters. The molecular formula is C19H26N2O8. The Morgan fingerprint density at radius 2 is 1.69 bits per heavy atom. The van der Waals surface area contributed by atoms with Gasteiger partial charge in [-0.1, -0.05) is 12.1 Å². The van der Waals surface area contributed by atoms with Gasteiger partial charge >= 0.3 is 23.9 Å². The van der Waals surface area contributed by atoms with E-state index in [0.29, 0.717) is 30.9 Å². The molecule has 10 heteroatoms. The van der Waals surface area contributed by atoms with E-state index in [0.717, 1.165) is 0 Å². The van der Waals surface area contributed by atoms with E-state index in [1.165, 1.54) is 0 Å². The van der Waals surface area contributed by atoms with Gasteiger partial charge in [-0.05, 0) is 44.9 Å². The molecule has 0 aromatic heterocycles. The Morgan fingerprint density at radius 1 is 1.07 bits per heavy atom. The molecule has 0 spiro atoms. The van der Waals surface area contributed by atoms with Crippen molar-refractivity contribution in [1.82, 2.24) is 10.6 Å². The second-order valence-electron chi connectivity index (χ2n) is 7.15. The lowest BCUT2D eigenvalue weighted by Crippen LogP contribution is -2.45. The summed E-state index contributed by atoms with van der Waals surface area (Å²) in [6.45, 7) is 6.06. The van der Waals surface area contributed by atoms with Crippen molar-refractivity contribution in [2.45, 2.75) is 45.3 Å². The number of rotatable bonds is 9. The first kappa shape index (κ1) is 23.7. The first-order valence-electron chi connectivity index (χ1n) is 8.93. The Balaban J connectivity index is 2.41. The molecule has 0 unspecified atom stereocenters. The molecule has 0 radical (unpaired) electrons. The van der Waals surface area contributed by atoms with E-state index in [-0.39, 0.29) is 6.42 Å². The zero-order chi connectivity index (χ0) is 22.0. The number of hydrogen-bond acceptors (Lipinski definition) is 6. The molecule has 0 aliphatic rings. The van der Waals surface area contributed by atoms with Crippen molar-refractivity contribution >= 4 is 23.9 Å². The Kier molecular flexibility index (Phi) is 8.91. The van der Waals surface area contributed by atoms with E-state index in [1.54, 1.807) is 45.0 Å². The smallest absolute Gasteiger partial charge is 0.407 e. The van der Waals surface area contributed by atoms with Gasteiger partial charge in [0, 0.05) is 13.0 Å². The predicted octanol–water partition coefficient (Wildman–Crippen LogP) is 1.18. The zero-order valence-corrected chi connectivity index (χ0v) is 16.6. The number of hydrogen-bond donors (Lipinski definition) is 4. The van der Waals surface area contributed by atoms with Crippen LogP contribution in [0, 0.1) is 0 Å². The number of carboxylic acid groups (broad SMARTS) is 2. The van der Waals surface area contributed by atoms with Crippen LogP contribution in [-0.2, 0) is 25.5 Å². The fraction of sp³-hybridized carbons (Fsp3) is 0.474. The number of ether oxygens (including phenoxy) is 2. The van der Waals surface area contributed by atoms with Crippen molar-refractivity contribution in [2.75, 3.05) is 13.2 Å². The Morgan fingerprint density at radius 3 is 2.21 bits per heavy atom. The Labute approximate surface area is 168 Å². The average Bonchev–Trinajstić information content (AvgIpc) is 2.60. The largest absolute Gasteiger partial charge is 0.494 e. The molecule has 1 aromatic carbocycles. The van der Waals surface area contributed by atoms with Crippen LogP contribution in [0.3, 0.4) is 0 Å². The van der Waals surface area contributed by atoms with Crippen molar-refractivity contribution < 1.29 is 38.9 Å². The first-order valence-corrected chi connectivity index (χ1v) is 8.93. The maximum Gasteiger partial charge on any atom is 0.407 e. The van der Waals surface area contributed by atoms with Gasteiger partial charge in [0.05, 0.1) is 6.61 Å². The third-order valence-electron chi connectivity index (χ3n) is 3.42. The Bertz CT molecular complexity index is 725. The molecule has 1 rings (SSSR count). The fourth-order valence-corrected chi connectivity index (χ4v) is 2.14. The number of amides is 2. The molecule has 2 amide bonds. The van der Waals surface area contributed by atoms with Crippen LogP contribution in [0.25, 0.3) is 0 Å². The molecule has 160 valence electrons. The number of carboxylic acids is 2. The van der Waals surface area contributed by atoms with E-state index in [2.05, 4.69) is 5.32 Å². The normalized spacial score (nSPS) is 11.8. The summed E-state index contributed by atoms with van der Waals surface area (Å²) in [5.74, 6) is -3.91. The predicted molar refractivity (Wildman–Crippen MR) is 102 cm³/mol. The average molecular weight is 410 g/mol. The zero-order valence-electron chi connectivity index (χ0n) is 16.6. The standard InChI is InChI=1S/C19H26N2O8/c1-19(2,3)29-18(27)20-9-4-10-28-13-7-5-12(6-8-13)11-14(16(23)24)21-15(22)17(25)26/h5-8,14H,4,9-11H2,1-3H3,(H,20,27)(H,21,22)(H,23,24)(H,25,26)/t14-/m1/s1. The molecule has 4 N–H and O–H groups in total. The van der Waals surface area contributed by atoms with Crippen LogP contribution in [-0.4, -0.2) is 58.9 Å². The maximum absolute atomic E-state index is 11.5. The van der Waals surface area contributed by atoms with Crippen molar-refractivity contribution in [3.63, 3.8) is 0 Å². The molecule has 10 nitrogen and oxygen atoms in total. The third kappa shape index (κ3) is 9.99. The van der Waals surface area contributed by atoms with Crippen LogP contribution in [0.1, 0.15) is 32.8 Å². The van der Waals surface area contributed by atoms with Crippen LogP contribution in [0.2, 0.25) is 0 Å². The molecule has 0 aliphatic carbocycles. The summed E-state index contributed by atoms with van der Waals surface area (Å²) in [6, 6.07) is 5.15. The van der Waals surface area contributed by atoms with Crippen LogP contribution in [0.5, 0.6) is 5.75 Å². The molecule has 0 bridgehead atoms. The first-order chi connectivity index (χ1) is 13.5. The molecule has 1 aromatic rings. The van der Waals surface area contributed by atoms with E-state index in [4.69, 9.17) is 19.7 Å². The molecular weight excluding hydrogens is 384 g/mol. The van der Waals surface area contributed by atoms with Gasteiger partial charge in [0.25, 0.3) is 0 Å². The third-order valence-corrected chi connectivity index (χ3v) is 3.42. The van der Waals surface area contributed by atoms with Crippen molar-refractivity contribution in [2.24, 2.45) is 0 Å². The molecule has 0 saturated carbocycles. The van der Waals surface area contributed by atoms with Gasteiger partial charge < -0.3 is 30.3 Å². The monoisotopic (exact) mass is 410 g/mol. The van der Waals surface area contributed by atoms with Crippen LogP contribution < -0.4 is 15.4 Å². The van der Waals surface area contributed by atoms with Gasteiger partial charge in [0.15, 0.2) is 0 Å². The Hall–Kier alpha value is -3.30. The summed E-state index contributed by atoms with van der Waals surface area (Å²) in [6.07, 6.45) is -0.0117. The number of nitrogens with one attached hydrogen (secondary N) is 2. The highest BCUT2D eigenvalue weighted by Gasteiger charge is 2.23. The number of carbonyl (C=O) groups excluding carboxylic acids is 2. The lowest BCUT2D eigenvalue weighted by Gasteiger charge is -2.19. The number of alkyl carbamates (subject to hydrolysis) is 1. The van der Waals surface area contributed by atoms with E-state index in [1.807, 2.05) is 5.32 Å².